The van der Waals surface area contributed by atoms with Crippen LogP contribution in [0.5, 0.6) is 0 Å². The van der Waals surface area contributed by atoms with E-state index in [0.29, 0.717) is 18.0 Å². The monoisotopic (exact) mass is 308 g/mol. The molecule has 1 aliphatic carbocycles. The van der Waals surface area contributed by atoms with Crippen LogP contribution in [0.3, 0.4) is 0 Å². The Bertz CT molecular complexity index is 407. The molecule has 124 valence electrons. The molecule has 1 N–H and O–H groups in total. The summed E-state index contributed by atoms with van der Waals surface area (Å²) in [6.07, 6.45) is 7.97. The van der Waals surface area contributed by atoms with E-state index in [1.165, 1.54) is 12.8 Å². The van der Waals surface area contributed by atoms with Gasteiger partial charge in [-0.1, -0.05) is 0 Å². The summed E-state index contributed by atoms with van der Waals surface area (Å²) in [7, 11) is 0. The van der Waals surface area contributed by atoms with Gasteiger partial charge in [0.1, 0.15) is 6.10 Å². The molecule has 4 aliphatic rings. The average Bonchev–Trinajstić information content (AvgIpc) is 2.94. The molecule has 3 heterocycles. The molecule has 5 heteroatoms. The van der Waals surface area contributed by atoms with Crippen LogP contribution in [0.2, 0.25) is 0 Å². The summed E-state index contributed by atoms with van der Waals surface area (Å²) in [4.78, 5) is 14.9. The molecule has 3 saturated heterocycles. The maximum absolute atomic E-state index is 12.3. The van der Waals surface area contributed by atoms with E-state index in [-0.39, 0.29) is 18.1 Å². The number of hydrogen-bond acceptors (Lipinski definition) is 4. The summed E-state index contributed by atoms with van der Waals surface area (Å²) >= 11 is 0. The van der Waals surface area contributed by atoms with Gasteiger partial charge in [0.25, 0.3) is 0 Å². The van der Waals surface area contributed by atoms with Crippen LogP contribution in [0.25, 0.3) is 0 Å². The van der Waals surface area contributed by atoms with Crippen LogP contribution in [-0.2, 0) is 14.3 Å². The zero-order valence-corrected chi connectivity index (χ0v) is 13.3. The van der Waals surface area contributed by atoms with Crippen molar-refractivity contribution < 1.29 is 14.3 Å². The summed E-state index contributed by atoms with van der Waals surface area (Å²) in [5.74, 6) is 0.713. The zero-order valence-electron chi connectivity index (χ0n) is 13.3. The van der Waals surface area contributed by atoms with Gasteiger partial charge < -0.3 is 14.8 Å². The molecule has 4 rings (SSSR count). The Balaban J connectivity index is 1.30. The summed E-state index contributed by atoms with van der Waals surface area (Å²) in [6, 6.07) is 1.07. The number of fused-ring (bicyclic) bond motifs is 1. The Kier molecular flexibility index (Phi) is 4.38. The first-order valence-electron chi connectivity index (χ1n) is 9.07. The number of likely N-dealkylation sites (tertiary alicyclic amines) is 1. The highest BCUT2D eigenvalue weighted by molar-refractivity contribution is 5.81. The van der Waals surface area contributed by atoms with Crippen LogP contribution in [0.15, 0.2) is 0 Å². The topological polar surface area (TPSA) is 50.8 Å². The van der Waals surface area contributed by atoms with E-state index < -0.39 is 0 Å². The molecule has 0 bridgehead atoms. The Morgan fingerprint density at radius 1 is 1.09 bits per heavy atom. The number of amides is 1. The quantitative estimate of drug-likeness (QED) is 0.854. The molecule has 0 unspecified atom stereocenters. The summed E-state index contributed by atoms with van der Waals surface area (Å²) < 4.78 is 11.6. The number of carbonyl (C=O) groups is 1. The highest BCUT2D eigenvalue weighted by atomic mass is 16.5. The zero-order chi connectivity index (χ0) is 14.9. The first-order chi connectivity index (χ1) is 10.8. The van der Waals surface area contributed by atoms with Gasteiger partial charge in [-0.05, 0) is 57.4 Å². The largest absolute Gasteiger partial charge is 0.381 e. The van der Waals surface area contributed by atoms with Crippen molar-refractivity contribution in [2.75, 3.05) is 26.3 Å². The number of nitrogens with zero attached hydrogens (tertiary/aromatic N) is 1. The van der Waals surface area contributed by atoms with Crippen LogP contribution < -0.4 is 5.32 Å². The van der Waals surface area contributed by atoms with Crippen molar-refractivity contribution in [1.82, 2.24) is 10.2 Å². The first-order valence-corrected chi connectivity index (χ1v) is 9.07. The normalized spacial score (nSPS) is 37.5. The fourth-order valence-electron chi connectivity index (χ4n) is 4.35. The molecule has 5 nitrogen and oxygen atoms in total. The van der Waals surface area contributed by atoms with Crippen molar-refractivity contribution >= 4 is 5.91 Å². The predicted molar refractivity (Wildman–Crippen MR) is 82.6 cm³/mol. The third-order valence-corrected chi connectivity index (χ3v) is 6.03. The van der Waals surface area contributed by atoms with Gasteiger partial charge in [0, 0.05) is 31.8 Å². The lowest BCUT2D eigenvalue weighted by Crippen LogP contribution is -2.49. The van der Waals surface area contributed by atoms with Gasteiger partial charge in [0.05, 0.1) is 6.10 Å². The van der Waals surface area contributed by atoms with Crippen molar-refractivity contribution in [3.05, 3.63) is 0 Å². The van der Waals surface area contributed by atoms with Crippen LogP contribution in [0, 0.1) is 5.92 Å². The second-order valence-electron chi connectivity index (χ2n) is 7.42. The molecular formula is C17H28N2O3. The molecule has 3 atom stereocenters. The third kappa shape index (κ3) is 3.03. The highest BCUT2D eigenvalue weighted by Crippen LogP contribution is 2.35. The summed E-state index contributed by atoms with van der Waals surface area (Å²) in [5, 5.41) is 3.15. The van der Waals surface area contributed by atoms with Gasteiger partial charge in [0.2, 0.25) is 5.91 Å². The molecular weight excluding hydrogens is 280 g/mol. The number of nitrogens with one attached hydrogen (secondary N) is 1. The van der Waals surface area contributed by atoms with Crippen LogP contribution in [-0.4, -0.2) is 61.4 Å². The standard InChI is InChI=1S/C17H28N2O3/c20-17(18-13-2-1-3-13)15-10-12-4-7-19(11-16(12)22-15)14-5-8-21-9-6-14/h12-16H,1-11H2,(H,18,20)/t12-,15+,16-/m0/s1. The SMILES string of the molecule is O=C(NC1CCC1)[C@H]1C[C@@H]2CCN(C3CCOCC3)C[C@@H]2O1. The van der Waals surface area contributed by atoms with Crippen molar-refractivity contribution in [2.24, 2.45) is 5.92 Å². The lowest BCUT2D eigenvalue weighted by atomic mass is 9.89. The van der Waals surface area contributed by atoms with Gasteiger partial charge in [-0.15, -0.1) is 0 Å². The molecule has 0 radical (unpaired) electrons. The van der Waals surface area contributed by atoms with E-state index in [1.54, 1.807) is 0 Å². The first kappa shape index (κ1) is 14.9. The van der Waals surface area contributed by atoms with Gasteiger partial charge in [-0.25, -0.2) is 0 Å². The van der Waals surface area contributed by atoms with Crippen molar-refractivity contribution in [3.8, 4) is 0 Å². The number of hydrogen-bond donors (Lipinski definition) is 1. The minimum absolute atomic E-state index is 0.136. The molecule has 0 aromatic carbocycles. The Hall–Kier alpha value is -0.650. The second-order valence-corrected chi connectivity index (χ2v) is 7.42. The minimum Gasteiger partial charge on any atom is -0.381 e. The van der Waals surface area contributed by atoms with E-state index in [4.69, 9.17) is 9.47 Å². The van der Waals surface area contributed by atoms with Crippen LogP contribution in [0.4, 0.5) is 0 Å². The van der Waals surface area contributed by atoms with Gasteiger partial charge in [-0.2, -0.15) is 0 Å². The summed E-state index contributed by atoms with van der Waals surface area (Å²) in [5.41, 5.74) is 0. The fourth-order valence-corrected chi connectivity index (χ4v) is 4.35. The highest BCUT2D eigenvalue weighted by Gasteiger charge is 2.43. The molecule has 3 aliphatic heterocycles. The maximum atomic E-state index is 12.3. The molecule has 0 aromatic heterocycles. The van der Waals surface area contributed by atoms with Gasteiger partial charge >= 0.3 is 0 Å². The van der Waals surface area contributed by atoms with Crippen molar-refractivity contribution in [2.45, 2.75) is 69.2 Å². The Morgan fingerprint density at radius 3 is 2.64 bits per heavy atom. The maximum Gasteiger partial charge on any atom is 0.249 e. The number of carbonyl (C=O) groups excluding carboxylic acids is 1. The van der Waals surface area contributed by atoms with Gasteiger partial charge in [-0.3, -0.25) is 9.69 Å². The molecule has 0 spiro atoms. The van der Waals surface area contributed by atoms with Crippen molar-refractivity contribution in [1.29, 1.82) is 0 Å². The molecule has 22 heavy (non-hydrogen) atoms. The smallest absolute Gasteiger partial charge is 0.249 e. The van der Waals surface area contributed by atoms with Crippen LogP contribution in [0.1, 0.15) is 44.9 Å². The van der Waals surface area contributed by atoms with Crippen LogP contribution >= 0.6 is 0 Å². The molecule has 4 fully saturated rings. The lowest BCUT2D eigenvalue weighted by molar-refractivity contribution is -0.134. The summed E-state index contributed by atoms with van der Waals surface area (Å²) in [6.45, 7) is 3.94. The fraction of sp³-hybridized carbons (Fsp3) is 0.941. The predicted octanol–water partition coefficient (Wildman–Crippen LogP) is 1.31. The average molecular weight is 308 g/mol. The minimum atomic E-state index is -0.203. The second kappa shape index (κ2) is 6.46. The van der Waals surface area contributed by atoms with Gasteiger partial charge in [0.15, 0.2) is 0 Å². The third-order valence-electron chi connectivity index (χ3n) is 6.03. The van der Waals surface area contributed by atoms with E-state index in [2.05, 4.69) is 10.2 Å². The lowest BCUT2D eigenvalue weighted by Gasteiger charge is -2.40. The molecule has 1 saturated carbocycles. The Morgan fingerprint density at radius 2 is 1.91 bits per heavy atom. The van der Waals surface area contributed by atoms with E-state index in [0.717, 1.165) is 58.4 Å². The Labute approximate surface area is 132 Å². The van der Waals surface area contributed by atoms with E-state index in [1.807, 2.05) is 0 Å². The van der Waals surface area contributed by atoms with E-state index >= 15 is 0 Å². The number of ether oxygens (including phenoxy) is 2. The molecule has 1 amide bonds. The molecule has 0 aromatic rings. The van der Waals surface area contributed by atoms with E-state index in [9.17, 15) is 4.79 Å². The van der Waals surface area contributed by atoms with Crippen molar-refractivity contribution in [3.63, 3.8) is 0 Å². The number of piperidine rings is 1. The number of rotatable bonds is 3.